The van der Waals surface area contributed by atoms with Gasteiger partial charge in [0, 0.05) is 50.2 Å². The van der Waals surface area contributed by atoms with Gasteiger partial charge in [-0.15, -0.1) is 0 Å². The van der Waals surface area contributed by atoms with E-state index in [9.17, 15) is 26.3 Å². The first-order chi connectivity index (χ1) is 18.2. The number of piperidine rings is 1. The van der Waals surface area contributed by atoms with E-state index in [1.165, 1.54) is 12.8 Å². The molecular formula is C23H28F6N4O6. The molecule has 39 heavy (non-hydrogen) atoms. The van der Waals surface area contributed by atoms with Crippen molar-refractivity contribution >= 4 is 11.9 Å². The van der Waals surface area contributed by atoms with Crippen LogP contribution in [0.25, 0.3) is 0 Å². The van der Waals surface area contributed by atoms with Crippen LogP contribution < -0.4 is 0 Å². The second-order valence-electron chi connectivity index (χ2n) is 8.85. The van der Waals surface area contributed by atoms with E-state index in [-0.39, 0.29) is 0 Å². The van der Waals surface area contributed by atoms with Crippen molar-refractivity contribution in [3.63, 3.8) is 0 Å². The Hall–Kier alpha value is -3.24. The van der Waals surface area contributed by atoms with Gasteiger partial charge in [0.05, 0.1) is 18.9 Å². The summed E-state index contributed by atoms with van der Waals surface area (Å²) in [5.41, 5.74) is 1.14. The smallest absolute Gasteiger partial charge is 0.475 e. The monoisotopic (exact) mass is 570 g/mol. The Labute approximate surface area is 219 Å². The minimum atomic E-state index is -5.08. The molecule has 4 rings (SSSR count). The maximum Gasteiger partial charge on any atom is 0.490 e. The van der Waals surface area contributed by atoms with Crippen molar-refractivity contribution in [2.75, 3.05) is 26.7 Å². The molecule has 2 N–H and O–H groups in total. The number of carbonyl (C=O) groups is 2. The molecule has 2 aromatic heterocycles. The molecule has 2 saturated heterocycles. The van der Waals surface area contributed by atoms with Crippen molar-refractivity contribution in [3.8, 4) is 0 Å². The summed E-state index contributed by atoms with van der Waals surface area (Å²) in [5, 5.41) is 14.2. The Kier molecular flexibility index (Phi) is 11.7. The SMILES string of the molecule is CN(Cc1cncnc1)[C@@H]1CN(Cc2ccco2)C[C@@H]2CCCO[C@@H]21.O=C(O)C(F)(F)F.O=C(O)C(F)(F)F. The number of likely N-dealkylation sites (N-methyl/N-ethyl adjacent to an activating group) is 1. The number of halogens is 6. The van der Waals surface area contributed by atoms with Gasteiger partial charge in [0.25, 0.3) is 0 Å². The van der Waals surface area contributed by atoms with E-state index in [1.807, 2.05) is 18.5 Å². The van der Waals surface area contributed by atoms with Crippen LogP contribution in [-0.2, 0) is 27.4 Å². The number of fused-ring (bicyclic) bond motifs is 1. The fourth-order valence-corrected chi connectivity index (χ4v) is 4.22. The number of aliphatic carboxylic acids is 2. The van der Waals surface area contributed by atoms with Gasteiger partial charge in [-0.1, -0.05) is 0 Å². The second kappa shape index (κ2) is 14.2. The number of carboxylic acid groups (broad SMARTS) is 2. The number of ether oxygens (including phenoxy) is 1. The van der Waals surface area contributed by atoms with Gasteiger partial charge in [0.1, 0.15) is 12.1 Å². The third kappa shape index (κ3) is 10.8. The van der Waals surface area contributed by atoms with Gasteiger partial charge in [-0.25, -0.2) is 19.6 Å². The highest BCUT2D eigenvalue weighted by Crippen LogP contribution is 2.32. The number of rotatable bonds is 5. The van der Waals surface area contributed by atoms with Gasteiger partial charge < -0.3 is 19.4 Å². The van der Waals surface area contributed by atoms with E-state index in [4.69, 9.17) is 29.0 Å². The van der Waals surface area contributed by atoms with Crippen LogP contribution in [0.4, 0.5) is 26.3 Å². The molecule has 10 nitrogen and oxygen atoms in total. The van der Waals surface area contributed by atoms with E-state index < -0.39 is 24.3 Å². The minimum Gasteiger partial charge on any atom is -0.475 e. The Balaban J connectivity index is 0.000000317. The molecule has 2 fully saturated rings. The van der Waals surface area contributed by atoms with Gasteiger partial charge in [0.15, 0.2) is 0 Å². The van der Waals surface area contributed by atoms with Crippen molar-refractivity contribution in [3.05, 3.63) is 48.4 Å². The van der Waals surface area contributed by atoms with Crippen LogP contribution >= 0.6 is 0 Å². The van der Waals surface area contributed by atoms with Crippen molar-refractivity contribution in [2.45, 2.75) is 50.4 Å². The summed E-state index contributed by atoms with van der Waals surface area (Å²) in [6, 6.07) is 4.39. The summed E-state index contributed by atoms with van der Waals surface area (Å²) in [5.74, 6) is -3.88. The molecule has 3 atom stereocenters. The maximum absolute atomic E-state index is 10.6. The van der Waals surface area contributed by atoms with Crippen LogP contribution in [0.5, 0.6) is 0 Å². The van der Waals surface area contributed by atoms with Crippen LogP contribution in [0, 0.1) is 5.92 Å². The summed E-state index contributed by atoms with van der Waals surface area (Å²) in [6.07, 6.45) is -0.314. The molecular weight excluding hydrogens is 542 g/mol. The quantitative estimate of drug-likeness (QED) is 0.516. The molecule has 0 bridgehead atoms. The largest absolute Gasteiger partial charge is 0.490 e. The van der Waals surface area contributed by atoms with Crippen molar-refractivity contribution in [2.24, 2.45) is 5.92 Å². The molecule has 0 unspecified atom stereocenters. The molecule has 0 aliphatic carbocycles. The van der Waals surface area contributed by atoms with Crippen LogP contribution in [0.15, 0.2) is 41.5 Å². The van der Waals surface area contributed by atoms with Crippen LogP contribution in [0.2, 0.25) is 0 Å². The van der Waals surface area contributed by atoms with Crippen LogP contribution in [0.1, 0.15) is 24.2 Å². The lowest BCUT2D eigenvalue weighted by molar-refractivity contribution is -0.193. The van der Waals surface area contributed by atoms with E-state index in [1.54, 1.807) is 12.6 Å². The number of carboxylic acids is 2. The number of hydrogen-bond acceptors (Lipinski definition) is 8. The normalized spacial score (nSPS) is 21.6. The molecule has 0 amide bonds. The Morgan fingerprint density at radius 3 is 2.18 bits per heavy atom. The first kappa shape index (κ1) is 32.0. The zero-order chi connectivity index (χ0) is 29.2. The highest BCUT2D eigenvalue weighted by atomic mass is 19.4. The lowest BCUT2D eigenvalue weighted by atomic mass is 9.84. The first-order valence-electron chi connectivity index (χ1n) is 11.6. The topological polar surface area (TPSA) is 129 Å². The van der Waals surface area contributed by atoms with Gasteiger partial charge >= 0.3 is 24.3 Å². The summed E-state index contributed by atoms with van der Waals surface area (Å²) in [6.45, 7) is 4.68. The summed E-state index contributed by atoms with van der Waals surface area (Å²) in [7, 11) is 2.18. The van der Waals surface area contributed by atoms with Gasteiger partial charge in [-0.2, -0.15) is 26.3 Å². The zero-order valence-corrected chi connectivity index (χ0v) is 20.7. The number of aromatic nitrogens is 2. The molecule has 218 valence electrons. The molecule has 0 saturated carbocycles. The van der Waals surface area contributed by atoms with Crippen LogP contribution in [-0.4, -0.2) is 93.2 Å². The van der Waals surface area contributed by atoms with E-state index >= 15 is 0 Å². The molecule has 0 radical (unpaired) electrons. The van der Waals surface area contributed by atoms with Crippen LogP contribution in [0.3, 0.4) is 0 Å². The number of likely N-dealkylation sites (tertiary alicyclic amines) is 1. The summed E-state index contributed by atoms with van der Waals surface area (Å²) in [4.78, 5) is 31.0. The zero-order valence-electron chi connectivity index (χ0n) is 20.7. The number of nitrogens with zero attached hydrogens (tertiary/aromatic N) is 4. The highest BCUT2D eigenvalue weighted by molar-refractivity contribution is 5.73. The second-order valence-corrected chi connectivity index (χ2v) is 8.85. The first-order valence-corrected chi connectivity index (χ1v) is 11.6. The molecule has 2 aliphatic rings. The van der Waals surface area contributed by atoms with Gasteiger partial charge in [0.2, 0.25) is 0 Å². The number of furan rings is 1. The fraction of sp³-hybridized carbons (Fsp3) is 0.565. The molecule has 2 aromatic rings. The van der Waals surface area contributed by atoms with Gasteiger partial charge in [-0.05, 0) is 37.9 Å². The Morgan fingerprint density at radius 1 is 1.08 bits per heavy atom. The third-order valence-electron chi connectivity index (χ3n) is 5.87. The summed E-state index contributed by atoms with van der Waals surface area (Å²) < 4.78 is 75.2. The van der Waals surface area contributed by atoms with E-state index in [0.29, 0.717) is 18.1 Å². The predicted molar refractivity (Wildman–Crippen MR) is 121 cm³/mol. The van der Waals surface area contributed by atoms with E-state index in [0.717, 1.165) is 44.1 Å². The number of hydrogen-bond donors (Lipinski definition) is 2. The predicted octanol–water partition coefficient (Wildman–Crippen LogP) is 3.45. The maximum atomic E-state index is 10.6. The average molecular weight is 570 g/mol. The number of alkyl halides is 6. The standard InChI is InChI=1S/C19H26N4O2.2C2HF3O2/c1-22(10-15-8-20-14-21-9-15)18-13-23(12-17-5-3-6-24-17)11-16-4-2-7-25-19(16)18;2*3-2(4,5)1(6)7/h3,5-6,8-9,14,16,18-19H,2,4,7,10-13H2,1H3;2*(H,6,7)/t16-,18+,19-;;/m0../s1. The molecule has 16 heteroatoms. The average Bonchev–Trinajstić information content (AvgIpc) is 3.37. The highest BCUT2D eigenvalue weighted by Gasteiger charge is 2.41. The summed E-state index contributed by atoms with van der Waals surface area (Å²) >= 11 is 0. The van der Waals surface area contributed by atoms with E-state index in [2.05, 4.69) is 32.9 Å². The molecule has 4 heterocycles. The van der Waals surface area contributed by atoms with Crippen molar-refractivity contribution in [1.82, 2.24) is 19.8 Å². The molecule has 2 aliphatic heterocycles. The van der Waals surface area contributed by atoms with Crippen molar-refractivity contribution in [1.29, 1.82) is 0 Å². The third-order valence-corrected chi connectivity index (χ3v) is 5.87. The Bertz CT molecular complexity index is 998. The molecule has 0 aromatic carbocycles. The van der Waals surface area contributed by atoms with Gasteiger partial charge in [-0.3, -0.25) is 9.80 Å². The Morgan fingerprint density at radius 2 is 1.67 bits per heavy atom. The lowest BCUT2D eigenvalue weighted by Gasteiger charge is -2.48. The lowest BCUT2D eigenvalue weighted by Crippen LogP contribution is -2.59. The molecule has 0 spiro atoms. The minimum absolute atomic E-state index is 0.316. The fourth-order valence-electron chi connectivity index (χ4n) is 4.22. The van der Waals surface area contributed by atoms with Crippen molar-refractivity contribution < 1.29 is 55.3 Å².